The number of rotatable bonds is 4. The third kappa shape index (κ3) is 3.71. The zero-order chi connectivity index (χ0) is 10.6. The molecule has 0 fully saturated rings. The number of benzene rings is 1. The minimum absolute atomic E-state index is 0.110. The van der Waals surface area contributed by atoms with Crippen molar-refractivity contribution in [2.45, 2.75) is 6.04 Å². The van der Waals surface area contributed by atoms with Crippen molar-refractivity contribution in [1.29, 1.82) is 0 Å². The fraction of sp³-hybridized carbons (Fsp3) is 0.111. The summed E-state index contributed by atoms with van der Waals surface area (Å²) in [4.78, 5) is 26.5. The normalized spacial score (nSPS) is 11.1. The topological polar surface area (TPSA) is 69.9 Å². The van der Waals surface area contributed by atoms with Crippen molar-refractivity contribution in [1.82, 2.24) is 0 Å². The molecule has 0 bridgehead atoms. The molecule has 0 atom stereocenters. The molecule has 4 nitrogen and oxygen atoms in total. The van der Waals surface area contributed by atoms with E-state index in [1.165, 1.54) is 6.26 Å². The second kappa shape index (κ2) is 4.38. The standard InChI is InChI=1S/C9H12O4Si/c1-2-13-9-5-3-8(4-6-9)7-14(10,11)12/h2-6,10-12H,1,7H2. The van der Waals surface area contributed by atoms with Crippen LogP contribution >= 0.6 is 0 Å². The van der Waals surface area contributed by atoms with Crippen LogP contribution in [-0.4, -0.2) is 23.2 Å². The van der Waals surface area contributed by atoms with Crippen molar-refractivity contribution in [2.75, 3.05) is 0 Å². The van der Waals surface area contributed by atoms with E-state index >= 15 is 0 Å². The Morgan fingerprint density at radius 1 is 1.21 bits per heavy atom. The second-order valence-corrected chi connectivity index (χ2v) is 4.78. The predicted octanol–water partition coefficient (Wildman–Crippen LogP) is 0.206. The molecule has 0 saturated carbocycles. The van der Waals surface area contributed by atoms with Gasteiger partial charge in [0.1, 0.15) is 5.75 Å². The molecule has 5 heteroatoms. The van der Waals surface area contributed by atoms with Crippen molar-refractivity contribution >= 4 is 8.80 Å². The highest BCUT2D eigenvalue weighted by Gasteiger charge is 2.26. The average Bonchev–Trinajstić information content (AvgIpc) is 2.06. The molecule has 1 aromatic carbocycles. The highest BCUT2D eigenvalue weighted by atomic mass is 28.4. The van der Waals surface area contributed by atoms with Crippen molar-refractivity contribution in [3.63, 3.8) is 0 Å². The Morgan fingerprint density at radius 3 is 2.21 bits per heavy atom. The first kappa shape index (κ1) is 10.9. The van der Waals surface area contributed by atoms with E-state index in [0.717, 1.165) is 0 Å². The predicted molar refractivity (Wildman–Crippen MR) is 53.4 cm³/mol. The number of hydrogen-bond acceptors (Lipinski definition) is 4. The first-order valence-corrected chi connectivity index (χ1v) is 6.10. The van der Waals surface area contributed by atoms with Crippen LogP contribution in [0, 0.1) is 0 Å². The molecule has 0 aliphatic rings. The third-order valence-electron chi connectivity index (χ3n) is 1.58. The van der Waals surface area contributed by atoms with Crippen LogP contribution in [0.15, 0.2) is 37.1 Å². The quantitative estimate of drug-likeness (QED) is 0.493. The fourth-order valence-electron chi connectivity index (χ4n) is 1.06. The molecule has 1 rings (SSSR count). The minimum Gasteiger partial charge on any atom is -0.466 e. The van der Waals surface area contributed by atoms with Crippen molar-refractivity contribution in [2.24, 2.45) is 0 Å². The van der Waals surface area contributed by atoms with Gasteiger partial charge >= 0.3 is 8.80 Å². The molecule has 0 aliphatic heterocycles. The molecule has 0 aromatic heterocycles. The van der Waals surface area contributed by atoms with Crippen LogP contribution in [0.3, 0.4) is 0 Å². The van der Waals surface area contributed by atoms with E-state index in [-0.39, 0.29) is 6.04 Å². The molecule has 14 heavy (non-hydrogen) atoms. The van der Waals surface area contributed by atoms with E-state index in [1.807, 2.05) is 0 Å². The summed E-state index contributed by atoms with van der Waals surface area (Å²) in [6.07, 6.45) is 1.30. The highest BCUT2D eigenvalue weighted by molar-refractivity contribution is 6.55. The van der Waals surface area contributed by atoms with Crippen molar-refractivity contribution < 1.29 is 19.1 Å². The summed E-state index contributed by atoms with van der Waals surface area (Å²) >= 11 is 0. The monoisotopic (exact) mass is 212 g/mol. The molecule has 0 unspecified atom stereocenters. The molecule has 0 amide bonds. The van der Waals surface area contributed by atoms with Gasteiger partial charge in [-0.1, -0.05) is 18.7 Å². The maximum absolute atomic E-state index is 8.85. The lowest BCUT2D eigenvalue weighted by Gasteiger charge is -2.09. The molecule has 3 N–H and O–H groups in total. The Hall–Kier alpha value is -1.14. The van der Waals surface area contributed by atoms with Crippen LogP contribution in [-0.2, 0) is 6.04 Å². The SMILES string of the molecule is C=COc1ccc(C[Si](O)(O)O)cc1. The van der Waals surface area contributed by atoms with Gasteiger partial charge in [0.05, 0.1) is 6.26 Å². The molecule has 0 radical (unpaired) electrons. The number of hydrogen-bond donors (Lipinski definition) is 3. The average molecular weight is 212 g/mol. The summed E-state index contributed by atoms with van der Waals surface area (Å²) in [5, 5.41) is 0. The largest absolute Gasteiger partial charge is 0.497 e. The molecule has 0 saturated heterocycles. The summed E-state index contributed by atoms with van der Waals surface area (Å²) in [5.41, 5.74) is 0.653. The van der Waals surface area contributed by atoms with Crippen LogP contribution in [0.25, 0.3) is 0 Å². The van der Waals surface area contributed by atoms with E-state index in [0.29, 0.717) is 11.3 Å². The van der Waals surface area contributed by atoms with Crippen LogP contribution in [0.2, 0.25) is 0 Å². The maximum Gasteiger partial charge on any atom is 0.497 e. The van der Waals surface area contributed by atoms with Crippen molar-refractivity contribution in [3.8, 4) is 5.75 Å². The second-order valence-electron chi connectivity index (χ2n) is 2.88. The summed E-state index contributed by atoms with van der Waals surface area (Å²) in [6.45, 7) is 3.40. The Morgan fingerprint density at radius 2 is 1.79 bits per heavy atom. The lowest BCUT2D eigenvalue weighted by Crippen LogP contribution is -2.37. The Bertz CT molecular complexity index is 302. The van der Waals surface area contributed by atoms with Gasteiger partial charge in [0, 0.05) is 6.04 Å². The lowest BCUT2D eigenvalue weighted by molar-refractivity contribution is 0.227. The summed E-state index contributed by atoms with van der Waals surface area (Å²) in [5.74, 6) is 0.616. The zero-order valence-electron chi connectivity index (χ0n) is 7.55. The molecular weight excluding hydrogens is 200 g/mol. The van der Waals surface area contributed by atoms with Gasteiger partial charge in [-0.05, 0) is 17.7 Å². The molecule has 0 spiro atoms. The van der Waals surface area contributed by atoms with Crippen molar-refractivity contribution in [3.05, 3.63) is 42.7 Å². The summed E-state index contributed by atoms with van der Waals surface area (Å²) < 4.78 is 4.98. The van der Waals surface area contributed by atoms with E-state index in [9.17, 15) is 0 Å². The smallest absolute Gasteiger partial charge is 0.466 e. The van der Waals surface area contributed by atoms with Gasteiger partial charge in [0.15, 0.2) is 0 Å². The van der Waals surface area contributed by atoms with Gasteiger partial charge < -0.3 is 19.1 Å². The van der Waals surface area contributed by atoms with E-state index in [2.05, 4.69) is 6.58 Å². The van der Waals surface area contributed by atoms with Gasteiger partial charge in [-0.2, -0.15) is 0 Å². The molecule has 0 aliphatic carbocycles. The van der Waals surface area contributed by atoms with E-state index in [4.69, 9.17) is 19.1 Å². The highest BCUT2D eigenvalue weighted by Crippen LogP contribution is 2.13. The summed E-state index contributed by atoms with van der Waals surface area (Å²) in [6, 6.07) is 6.53. The van der Waals surface area contributed by atoms with Gasteiger partial charge in [-0.15, -0.1) is 0 Å². The number of ether oxygens (including phenoxy) is 1. The molecule has 76 valence electrons. The minimum atomic E-state index is -3.99. The van der Waals surface area contributed by atoms with Crippen LogP contribution in [0.1, 0.15) is 5.56 Å². The molecule has 1 aromatic rings. The lowest BCUT2D eigenvalue weighted by atomic mass is 10.2. The zero-order valence-corrected chi connectivity index (χ0v) is 8.55. The van der Waals surface area contributed by atoms with Gasteiger partial charge in [0.25, 0.3) is 0 Å². The fourth-order valence-corrected chi connectivity index (χ4v) is 1.84. The van der Waals surface area contributed by atoms with E-state index < -0.39 is 8.80 Å². The Kier molecular flexibility index (Phi) is 3.42. The van der Waals surface area contributed by atoms with Gasteiger partial charge in [-0.25, -0.2) is 0 Å². The van der Waals surface area contributed by atoms with Crippen LogP contribution in [0.5, 0.6) is 5.75 Å². The molecular formula is C9H12O4Si. The maximum atomic E-state index is 8.85. The van der Waals surface area contributed by atoms with Crippen LogP contribution in [0.4, 0.5) is 0 Å². The molecule has 0 heterocycles. The Balaban J connectivity index is 2.68. The van der Waals surface area contributed by atoms with E-state index in [1.54, 1.807) is 24.3 Å². The van der Waals surface area contributed by atoms with Crippen LogP contribution < -0.4 is 4.74 Å². The first-order chi connectivity index (χ1) is 6.51. The van der Waals surface area contributed by atoms with Gasteiger partial charge in [-0.3, -0.25) is 0 Å². The van der Waals surface area contributed by atoms with Gasteiger partial charge in [0.2, 0.25) is 0 Å². The first-order valence-electron chi connectivity index (χ1n) is 4.05. The third-order valence-corrected chi connectivity index (χ3v) is 2.47. The summed E-state index contributed by atoms with van der Waals surface area (Å²) in [7, 11) is -3.99. The Labute approximate surface area is 83.1 Å².